The predicted molar refractivity (Wildman–Crippen MR) is 119 cm³/mol. The number of para-hydroxylation sites is 1. The number of aryl methyl sites for hydroxylation is 1. The molecule has 0 bridgehead atoms. The molecule has 0 radical (unpaired) electrons. The van der Waals surface area contributed by atoms with Crippen LogP contribution >= 0.6 is 0 Å². The number of carbonyl (C=O) groups is 4. The number of aromatic nitrogens is 1. The van der Waals surface area contributed by atoms with Gasteiger partial charge < -0.3 is 26.5 Å². The lowest BCUT2D eigenvalue weighted by Crippen LogP contribution is -2.55. The first-order valence-electron chi connectivity index (χ1n) is 10.9. The van der Waals surface area contributed by atoms with Gasteiger partial charge in [-0.25, -0.2) is 4.79 Å². The highest BCUT2D eigenvalue weighted by atomic mass is 16.4. The maximum atomic E-state index is 13.0. The maximum absolute atomic E-state index is 13.0. The van der Waals surface area contributed by atoms with Crippen LogP contribution in [0.1, 0.15) is 44.4 Å². The number of hydrogen-bond acceptors (Lipinski definition) is 4. The van der Waals surface area contributed by atoms with E-state index in [0.717, 1.165) is 28.6 Å². The molecule has 0 fully saturated rings. The summed E-state index contributed by atoms with van der Waals surface area (Å²) in [4.78, 5) is 51.7. The number of fused-ring (bicyclic) bond motifs is 3. The van der Waals surface area contributed by atoms with E-state index in [1.165, 1.54) is 0 Å². The van der Waals surface area contributed by atoms with E-state index in [0.29, 0.717) is 12.8 Å². The summed E-state index contributed by atoms with van der Waals surface area (Å²) in [7, 11) is 0. The molecule has 0 aliphatic heterocycles. The van der Waals surface area contributed by atoms with E-state index in [2.05, 4.69) is 15.6 Å². The van der Waals surface area contributed by atoms with Crippen LogP contribution in [-0.2, 0) is 32.0 Å². The minimum Gasteiger partial charge on any atom is -0.480 e. The predicted octanol–water partition coefficient (Wildman–Crippen LogP) is 1.25. The van der Waals surface area contributed by atoms with Crippen LogP contribution in [0.3, 0.4) is 0 Å². The molecule has 0 unspecified atom stereocenters. The Morgan fingerprint density at radius 1 is 1.19 bits per heavy atom. The molecule has 3 rings (SSSR count). The van der Waals surface area contributed by atoms with E-state index in [-0.39, 0.29) is 30.6 Å². The molecule has 2 aromatic rings. The third-order valence-corrected chi connectivity index (χ3v) is 6.01. The number of H-pyrrole nitrogens is 1. The van der Waals surface area contributed by atoms with Crippen molar-refractivity contribution in [1.29, 1.82) is 0 Å². The molecule has 1 aliphatic rings. The summed E-state index contributed by atoms with van der Waals surface area (Å²) >= 11 is 0. The largest absolute Gasteiger partial charge is 0.480 e. The zero-order valence-electron chi connectivity index (χ0n) is 18.3. The molecule has 3 atom stereocenters. The van der Waals surface area contributed by atoms with Crippen molar-refractivity contribution in [2.75, 3.05) is 0 Å². The van der Waals surface area contributed by atoms with Crippen LogP contribution in [0.15, 0.2) is 24.3 Å². The summed E-state index contributed by atoms with van der Waals surface area (Å²) in [6.45, 7) is 3.56. The van der Waals surface area contributed by atoms with Gasteiger partial charge in [-0.3, -0.25) is 14.4 Å². The van der Waals surface area contributed by atoms with E-state index in [4.69, 9.17) is 5.73 Å². The minimum atomic E-state index is -1.26. The van der Waals surface area contributed by atoms with Crippen LogP contribution in [0.2, 0.25) is 0 Å². The third-order valence-electron chi connectivity index (χ3n) is 6.01. The topological polar surface area (TPSA) is 154 Å². The van der Waals surface area contributed by atoms with Gasteiger partial charge in [0.05, 0.1) is 0 Å². The molecule has 1 aromatic carbocycles. The molecule has 3 amide bonds. The van der Waals surface area contributed by atoms with Gasteiger partial charge in [0.25, 0.3) is 0 Å². The minimum absolute atomic E-state index is 0.110. The zero-order chi connectivity index (χ0) is 23.4. The second-order valence-electron chi connectivity index (χ2n) is 8.70. The van der Waals surface area contributed by atoms with Gasteiger partial charge >= 0.3 is 5.97 Å². The first-order chi connectivity index (χ1) is 15.2. The van der Waals surface area contributed by atoms with E-state index in [1.807, 2.05) is 24.3 Å². The van der Waals surface area contributed by atoms with Crippen molar-refractivity contribution >= 4 is 34.6 Å². The van der Waals surface area contributed by atoms with Gasteiger partial charge in [-0.2, -0.15) is 0 Å². The molecule has 9 heteroatoms. The van der Waals surface area contributed by atoms with Crippen LogP contribution in [-0.4, -0.2) is 45.9 Å². The third kappa shape index (κ3) is 5.27. The van der Waals surface area contributed by atoms with Gasteiger partial charge in [0, 0.05) is 28.9 Å². The fourth-order valence-electron chi connectivity index (χ4n) is 4.20. The van der Waals surface area contributed by atoms with E-state index in [1.54, 1.807) is 13.8 Å². The van der Waals surface area contributed by atoms with Crippen LogP contribution in [0.25, 0.3) is 10.9 Å². The summed E-state index contributed by atoms with van der Waals surface area (Å²) in [6.07, 6.45) is 1.71. The quantitative estimate of drug-likeness (QED) is 0.395. The lowest BCUT2D eigenvalue weighted by molar-refractivity contribution is -0.143. The molecule has 1 aromatic heterocycles. The SMILES string of the molecule is CC(C)[C@H](NC(=O)[C@@H]1CCc2[nH]c3ccccc3c2C1)C(=O)N[C@@H](CCC(N)=O)C(=O)O. The summed E-state index contributed by atoms with van der Waals surface area (Å²) in [5.41, 5.74) is 8.41. The monoisotopic (exact) mass is 442 g/mol. The summed E-state index contributed by atoms with van der Waals surface area (Å²) < 4.78 is 0. The normalized spacial score (nSPS) is 17.4. The highest BCUT2D eigenvalue weighted by Crippen LogP contribution is 2.31. The number of carbonyl (C=O) groups excluding carboxylic acids is 3. The van der Waals surface area contributed by atoms with Gasteiger partial charge in [-0.05, 0) is 43.2 Å². The number of aromatic amines is 1. The Bertz CT molecular complexity index is 1030. The lowest BCUT2D eigenvalue weighted by atomic mass is 9.85. The van der Waals surface area contributed by atoms with Crippen molar-refractivity contribution in [3.8, 4) is 0 Å². The number of primary amides is 1. The molecule has 0 spiro atoms. The van der Waals surface area contributed by atoms with Crippen molar-refractivity contribution < 1.29 is 24.3 Å². The Morgan fingerprint density at radius 3 is 2.56 bits per heavy atom. The van der Waals surface area contributed by atoms with Crippen molar-refractivity contribution in [3.63, 3.8) is 0 Å². The number of aliphatic carboxylic acids is 1. The Morgan fingerprint density at radius 2 is 1.91 bits per heavy atom. The highest BCUT2D eigenvalue weighted by Gasteiger charge is 2.33. The molecular formula is C23H30N4O5. The van der Waals surface area contributed by atoms with Crippen LogP contribution in [0.5, 0.6) is 0 Å². The van der Waals surface area contributed by atoms with Gasteiger partial charge in [-0.1, -0.05) is 32.0 Å². The van der Waals surface area contributed by atoms with Crippen molar-refractivity contribution in [3.05, 3.63) is 35.5 Å². The number of carboxylic acids is 1. The molecule has 32 heavy (non-hydrogen) atoms. The lowest BCUT2D eigenvalue weighted by Gasteiger charge is -2.27. The summed E-state index contributed by atoms with van der Waals surface area (Å²) in [5, 5.41) is 15.7. The van der Waals surface area contributed by atoms with Gasteiger partial charge in [-0.15, -0.1) is 0 Å². The number of nitrogens with two attached hydrogens (primary N) is 1. The van der Waals surface area contributed by atoms with Gasteiger partial charge in [0.1, 0.15) is 12.1 Å². The van der Waals surface area contributed by atoms with Crippen LogP contribution in [0.4, 0.5) is 0 Å². The molecular weight excluding hydrogens is 412 g/mol. The molecule has 6 N–H and O–H groups in total. The molecule has 172 valence electrons. The molecule has 1 heterocycles. The van der Waals surface area contributed by atoms with Gasteiger partial charge in [0.2, 0.25) is 17.7 Å². The Balaban J connectivity index is 1.67. The first kappa shape index (κ1) is 23.3. The van der Waals surface area contributed by atoms with E-state index >= 15 is 0 Å². The number of nitrogens with one attached hydrogen (secondary N) is 3. The maximum Gasteiger partial charge on any atom is 0.326 e. The fourth-order valence-corrected chi connectivity index (χ4v) is 4.20. The number of hydrogen-bond donors (Lipinski definition) is 5. The van der Waals surface area contributed by atoms with Crippen molar-refractivity contribution in [2.24, 2.45) is 17.6 Å². The average molecular weight is 443 g/mol. The fraction of sp³-hybridized carbons (Fsp3) is 0.478. The Labute approximate surface area is 186 Å². The number of rotatable bonds is 9. The summed E-state index contributed by atoms with van der Waals surface area (Å²) in [5.74, 6) is -3.24. The average Bonchev–Trinajstić information content (AvgIpc) is 3.11. The van der Waals surface area contributed by atoms with Crippen LogP contribution in [0, 0.1) is 11.8 Å². The molecule has 9 nitrogen and oxygen atoms in total. The van der Waals surface area contributed by atoms with Crippen molar-refractivity contribution in [1.82, 2.24) is 15.6 Å². The zero-order valence-corrected chi connectivity index (χ0v) is 18.3. The number of carboxylic acid groups (broad SMARTS) is 1. The first-order valence-corrected chi connectivity index (χ1v) is 10.9. The van der Waals surface area contributed by atoms with E-state index in [9.17, 15) is 24.3 Å². The van der Waals surface area contributed by atoms with E-state index < -0.39 is 29.9 Å². The highest BCUT2D eigenvalue weighted by molar-refractivity contribution is 5.92. The van der Waals surface area contributed by atoms with Gasteiger partial charge in [0.15, 0.2) is 0 Å². The standard InChI is InChI=1S/C23H30N4O5/c1-12(2)20(22(30)26-18(23(31)32)9-10-19(24)28)27-21(29)13-7-8-17-15(11-13)14-5-3-4-6-16(14)25-17/h3-6,12-13,18,20,25H,7-11H2,1-2H3,(H2,24,28)(H,26,30)(H,27,29)(H,31,32)/t13-,18+,20+/m1/s1. The Kier molecular flexibility index (Phi) is 7.17. The second-order valence-corrected chi connectivity index (χ2v) is 8.70. The Hall–Kier alpha value is -3.36. The molecule has 0 saturated heterocycles. The molecule has 0 saturated carbocycles. The number of benzene rings is 1. The molecule has 1 aliphatic carbocycles. The number of amides is 3. The van der Waals surface area contributed by atoms with Crippen LogP contribution < -0.4 is 16.4 Å². The smallest absolute Gasteiger partial charge is 0.326 e. The summed E-state index contributed by atoms with van der Waals surface area (Å²) in [6, 6.07) is 5.84. The second kappa shape index (κ2) is 9.84. The van der Waals surface area contributed by atoms with Crippen molar-refractivity contribution in [2.45, 2.75) is 58.0 Å².